The van der Waals surface area contributed by atoms with Crippen molar-refractivity contribution in [2.75, 3.05) is 20.1 Å². The average molecular weight is 507 g/mol. The van der Waals surface area contributed by atoms with Crippen LogP contribution in [0.1, 0.15) is 24.1 Å². The van der Waals surface area contributed by atoms with Crippen LogP contribution in [0.2, 0.25) is 0 Å². The third kappa shape index (κ3) is 6.35. The van der Waals surface area contributed by atoms with Gasteiger partial charge in [-0.05, 0) is 43.9 Å². The number of para-hydroxylation sites is 1. The number of unbranched alkanes of at least 4 members (excludes halogenated alkanes) is 1. The van der Waals surface area contributed by atoms with Gasteiger partial charge in [-0.25, -0.2) is 0 Å². The zero-order valence-electron chi connectivity index (χ0n) is 17.1. The van der Waals surface area contributed by atoms with Crippen molar-refractivity contribution in [1.29, 1.82) is 0 Å². The third-order valence-electron chi connectivity index (χ3n) is 4.95. The summed E-state index contributed by atoms with van der Waals surface area (Å²) in [6.45, 7) is 4.37. The van der Waals surface area contributed by atoms with Crippen LogP contribution in [0.4, 0.5) is 0 Å². The Morgan fingerprint density at radius 1 is 1.07 bits per heavy atom. The molecule has 0 atom stereocenters. The Bertz CT molecular complexity index is 992. The van der Waals surface area contributed by atoms with E-state index in [2.05, 4.69) is 45.0 Å². The Labute approximate surface area is 188 Å². The second-order valence-electron chi connectivity index (χ2n) is 6.90. The van der Waals surface area contributed by atoms with Crippen LogP contribution in [0.3, 0.4) is 0 Å². The van der Waals surface area contributed by atoms with Gasteiger partial charge in [0.1, 0.15) is 0 Å². The monoisotopic (exact) mass is 507 g/mol. The van der Waals surface area contributed by atoms with Crippen LogP contribution < -0.4 is 16.2 Å². The number of aliphatic imine (C=N–C) groups is 1. The number of hydrogen-bond donors (Lipinski definition) is 3. The van der Waals surface area contributed by atoms with Crippen LogP contribution in [0.25, 0.3) is 10.9 Å². The first-order valence-electron chi connectivity index (χ1n) is 9.85. The second-order valence-corrected chi connectivity index (χ2v) is 6.90. The Morgan fingerprint density at radius 2 is 1.86 bits per heavy atom. The van der Waals surface area contributed by atoms with Gasteiger partial charge in [-0.2, -0.15) is 0 Å². The fourth-order valence-corrected chi connectivity index (χ4v) is 3.39. The SMILES string of the molecule is CN=C(NCCCCn1c(C)cccc1=O)NCCc1c[nH]c2ccccc12.I. The van der Waals surface area contributed by atoms with Gasteiger partial charge in [0.2, 0.25) is 0 Å². The summed E-state index contributed by atoms with van der Waals surface area (Å²) in [6, 6.07) is 13.7. The van der Waals surface area contributed by atoms with E-state index in [1.807, 2.05) is 29.7 Å². The normalized spacial score (nSPS) is 11.3. The Balaban J connectivity index is 0.00000300. The molecule has 0 amide bonds. The molecule has 2 heterocycles. The molecule has 29 heavy (non-hydrogen) atoms. The second kappa shape index (κ2) is 11.6. The molecule has 0 aliphatic heterocycles. The number of rotatable bonds is 8. The predicted molar refractivity (Wildman–Crippen MR) is 131 cm³/mol. The molecule has 6 nitrogen and oxygen atoms in total. The Kier molecular flexibility index (Phi) is 9.24. The summed E-state index contributed by atoms with van der Waals surface area (Å²) in [6.07, 6.45) is 4.94. The molecule has 0 aliphatic rings. The van der Waals surface area contributed by atoms with Gasteiger partial charge in [0, 0.05) is 55.5 Å². The van der Waals surface area contributed by atoms with Crippen LogP contribution in [0.5, 0.6) is 0 Å². The van der Waals surface area contributed by atoms with Gasteiger partial charge in [0.05, 0.1) is 0 Å². The van der Waals surface area contributed by atoms with Crippen LogP contribution >= 0.6 is 24.0 Å². The molecular weight excluding hydrogens is 477 g/mol. The van der Waals surface area contributed by atoms with E-state index in [9.17, 15) is 4.79 Å². The van der Waals surface area contributed by atoms with Gasteiger partial charge >= 0.3 is 0 Å². The molecule has 0 saturated heterocycles. The number of H-pyrrole nitrogens is 1. The molecule has 1 aromatic carbocycles. The van der Waals surface area contributed by atoms with Crippen LogP contribution in [0, 0.1) is 6.92 Å². The number of hydrogen-bond acceptors (Lipinski definition) is 2. The van der Waals surface area contributed by atoms with E-state index in [1.54, 1.807) is 13.1 Å². The lowest BCUT2D eigenvalue weighted by atomic mass is 10.1. The molecule has 0 saturated carbocycles. The minimum Gasteiger partial charge on any atom is -0.361 e. The minimum absolute atomic E-state index is 0. The molecule has 156 valence electrons. The number of aromatic amines is 1. The summed E-state index contributed by atoms with van der Waals surface area (Å²) in [4.78, 5) is 19.5. The van der Waals surface area contributed by atoms with Crippen LogP contribution in [0.15, 0.2) is 58.4 Å². The molecular formula is C22H30IN5O. The maximum atomic E-state index is 11.9. The Hall–Kier alpha value is -2.29. The first-order valence-corrected chi connectivity index (χ1v) is 9.85. The summed E-state index contributed by atoms with van der Waals surface area (Å²) < 4.78 is 1.83. The van der Waals surface area contributed by atoms with Crippen molar-refractivity contribution in [3.8, 4) is 0 Å². The number of halogens is 1. The number of benzene rings is 1. The highest BCUT2D eigenvalue weighted by atomic mass is 127. The summed E-state index contributed by atoms with van der Waals surface area (Å²) in [5.74, 6) is 0.813. The number of nitrogens with one attached hydrogen (secondary N) is 3. The number of aromatic nitrogens is 2. The van der Waals surface area contributed by atoms with E-state index in [1.165, 1.54) is 16.5 Å². The van der Waals surface area contributed by atoms with Gasteiger partial charge < -0.3 is 20.2 Å². The van der Waals surface area contributed by atoms with Gasteiger partial charge in [-0.1, -0.05) is 24.3 Å². The van der Waals surface area contributed by atoms with Gasteiger partial charge in [0.25, 0.3) is 5.56 Å². The maximum Gasteiger partial charge on any atom is 0.250 e. The average Bonchev–Trinajstić information content (AvgIpc) is 3.11. The van der Waals surface area contributed by atoms with E-state index in [-0.39, 0.29) is 29.5 Å². The minimum atomic E-state index is 0. The van der Waals surface area contributed by atoms with Crippen molar-refractivity contribution in [1.82, 2.24) is 20.2 Å². The number of pyridine rings is 1. The third-order valence-corrected chi connectivity index (χ3v) is 4.95. The molecule has 0 fully saturated rings. The van der Waals surface area contributed by atoms with Crippen molar-refractivity contribution in [2.24, 2.45) is 4.99 Å². The molecule has 0 radical (unpaired) electrons. The number of fused-ring (bicyclic) bond motifs is 1. The summed E-state index contributed by atoms with van der Waals surface area (Å²) in [5.41, 5.74) is 3.56. The lowest BCUT2D eigenvalue weighted by Crippen LogP contribution is -2.38. The van der Waals surface area contributed by atoms with Crippen molar-refractivity contribution < 1.29 is 0 Å². The number of aryl methyl sites for hydroxylation is 1. The Morgan fingerprint density at radius 3 is 2.66 bits per heavy atom. The highest BCUT2D eigenvalue weighted by Gasteiger charge is 2.04. The molecule has 0 aliphatic carbocycles. The van der Waals surface area contributed by atoms with Gasteiger partial charge in [-0.15, -0.1) is 24.0 Å². The van der Waals surface area contributed by atoms with Crippen LogP contribution in [-0.2, 0) is 13.0 Å². The number of nitrogens with zero attached hydrogens (tertiary/aromatic N) is 2. The van der Waals surface area contributed by atoms with E-state index in [0.29, 0.717) is 0 Å². The van der Waals surface area contributed by atoms with Crippen molar-refractivity contribution in [2.45, 2.75) is 32.7 Å². The van der Waals surface area contributed by atoms with E-state index < -0.39 is 0 Å². The highest BCUT2D eigenvalue weighted by molar-refractivity contribution is 14.0. The molecule has 3 aromatic rings. The zero-order valence-corrected chi connectivity index (χ0v) is 19.4. The molecule has 0 bridgehead atoms. The van der Waals surface area contributed by atoms with Gasteiger partial charge in [0.15, 0.2) is 5.96 Å². The van der Waals surface area contributed by atoms with E-state index in [4.69, 9.17) is 0 Å². The summed E-state index contributed by atoms with van der Waals surface area (Å²) >= 11 is 0. The quantitative estimate of drug-likeness (QED) is 0.189. The lowest BCUT2D eigenvalue weighted by molar-refractivity contribution is 0.575. The van der Waals surface area contributed by atoms with Gasteiger partial charge in [-0.3, -0.25) is 9.79 Å². The van der Waals surface area contributed by atoms with Crippen molar-refractivity contribution >= 4 is 40.8 Å². The van der Waals surface area contributed by atoms with Crippen molar-refractivity contribution in [3.05, 3.63) is 70.3 Å². The number of guanidine groups is 1. The summed E-state index contributed by atoms with van der Waals surface area (Å²) in [7, 11) is 1.79. The zero-order chi connectivity index (χ0) is 19.8. The fraction of sp³-hybridized carbons (Fsp3) is 0.364. The first kappa shape index (κ1) is 23.0. The molecule has 7 heteroatoms. The molecule has 0 spiro atoms. The lowest BCUT2D eigenvalue weighted by Gasteiger charge is -2.12. The smallest absolute Gasteiger partial charge is 0.250 e. The maximum absolute atomic E-state index is 11.9. The molecule has 2 aromatic heterocycles. The van der Waals surface area contributed by atoms with Crippen LogP contribution in [-0.4, -0.2) is 35.6 Å². The van der Waals surface area contributed by atoms with E-state index in [0.717, 1.165) is 50.6 Å². The summed E-state index contributed by atoms with van der Waals surface area (Å²) in [5, 5.41) is 7.99. The molecule has 3 rings (SSSR count). The molecule has 3 N–H and O–H groups in total. The first-order chi connectivity index (χ1) is 13.7. The highest BCUT2D eigenvalue weighted by Crippen LogP contribution is 2.17. The standard InChI is InChI=1S/C22H29N5O.HI/c1-17-8-7-11-21(28)27(17)15-6-5-13-24-22(23-2)25-14-12-18-16-26-20-10-4-3-9-19(18)20;/h3-4,7-11,16,26H,5-6,12-15H2,1-2H3,(H2,23,24,25);1H. The largest absolute Gasteiger partial charge is 0.361 e. The topological polar surface area (TPSA) is 74.2 Å². The predicted octanol–water partition coefficient (Wildman–Crippen LogP) is 3.44. The van der Waals surface area contributed by atoms with E-state index >= 15 is 0 Å². The fourth-order valence-electron chi connectivity index (χ4n) is 3.39. The van der Waals surface area contributed by atoms with Crippen molar-refractivity contribution in [3.63, 3.8) is 0 Å². The molecule has 0 unspecified atom stereocenters.